The van der Waals surface area contributed by atoms with Crippen LogP contribution in [0.4, 0.5) is 0 Å². The first-order valence-electron chi connectivity index (χ1n) is 5.70. The zero-order chi connectivity index (χ0) is 12.5. The first-order valence-corrected chi connectivity index (χ1v) is 5.70. The van der Waals surface area contributed by atoms with Gasteiger partial charge in [0.05, 0.1) is 12.7 Å². The molecule has 94 valence electrons. The van der Waals surface area contributed by atoms with Crippen molar-refractivity contribution in [3.8, 4) is 0 Å². The number of hydrogen-bond acceptors (Lipinski definition) is 4. The highest BCUT2D eigenvalue weighted by molar-refractivity contribution is 5.48. The topological polar surface area (TPSA) is 66.8 Å². The minimum Gasteiger partial charge on any atom is -0.391 e. The zero-order valence-electron chi connectivity index (χ0n) is 9.66. The van der Waals surface area contributed by atoms with E-state index in [4.69, 9.17) is 4.74 Å². The van der Waals surface area contributed by atoms with Gasteiger partial charge in [-0.2, -0.15) is 0 Å². The lowest BCUT2D eigenvalue weighted by Crippen LogP contribution is -2.17. The van der Waals surface area contributed by atoms with Crippen molar-refractivity contribution in [2.24, 2.45) is 0 Å². The third kappa shape index (κ3) is 5.58. The largest absolute Gasteiger partial charge is 0.391 e. The van der Waals surface area contributed by atoms with Gasteiger partial charge in [0.15, 0.2) is 6.29 Å². The van der Waals surface area contributed by atoms with Crippen molar-refractivity contribution >= 4 is 6.29 Å². The molecule has 0 aliphatic rings. The number of hydrogen-bond donors (Lipinski definition) is 2. The van der Waals surface area contributed by atoms with E-state index in [1.807, 2.05) is 18.2 Å². The van der Waals surface area contributed by atoms with E-state index in [0.29, 0.717) is 24.8 Å². The van der Waals surface area contributed by atoms with Gasteiger partial charge in [-0.25, -0.2) is 0 Å². The Labute approximate surface area is 101 Å². The fourth-order valence-corrected chi connectivity index (χ4v) is 1.44. The van der Waals surface area contributed by atoms with Crippen molar-refractivity contribution < 1.29 is 19.7 Å². The van der Waals surface area contributed by atoms with E-state index >= 15 is 0 Å². The first kappa shape index (κ1) is 13.8. The summed E-state index contributed by atoms with van der Waals surface area (Å²) in [6, 6.07) is 8.97. The van der Waals surface area contributed by atoms with Crippen LogP contribution in [0.2, 0.25) is 0 Å². The summed E-state index contributed by atoms with van der Waals surface area (Å²) in [5.74, 6) is 0. The van der Waals surface area contributed by atoms with Crippen LogP contribution in [-0.2, 0) is 9.53 Å². The summed E-state index contributed by atoms with van der Waals surface area (Å²) in [6.45, 7) is 0.0644. The minimum absolute atomic E-state index is 0.0644. The fraction of sp³-hybridized carbons (Fsp3) is 0.462. The molecule has 17 heavy (non-hydrogen) atoms. The highest BCUT2D eigenvalue weighted by Crippen LogP contribution is 2.14. The number of carbonyl (C=O) groups excluding carboxylic acids is 1. The molecular formula is C13H18O4. The summed E-state index contributed by atoms with van der Waals surface area (Å²) in [5.41, 5.74) is 0.660. The normalized spacial score (nSPS) is 14.2. The summed E-state index contributed by atoms with van der Waals surface area (Å²) in [7, 11) is 0. The molecule has 0 radical (unpaired) electrons. The van der Waals surface area contributed by atoms with Crippen molar-refractivity contribution in [2.45, 2.75) is 31.7 Å². The lowest BCUT2D eigenvalue weighted by Gasteiger charge is -2.15. The number of aliphatic hydroxyl groups is 2. The second-order valence-electron chi connectivity index (χ2n) is 3.85. The van der Waals surface area contributed by atoms with Gasteiger partial charge in [0.25, 0.3) is 0 Å². The van der Waals surface area contributed by atoms with Gasteiger partial charge >= 0.3 is 0 Å². The summed E-state index contributed by atoms with van der Waals surface area (Å²) >= 11 is 0. The van der Waals surface area contributed by atoms with Gasteiger partial charge < -0.3 is 19.7 Å². The maximum absolute atomic E-state index is 10.1. The lowest BCUT2D eigenvalue weighted by atomic mass is 10.2. The van der Waals surface area contributed by atoms with Crippen LogP contribution in [0.25, 0.3) is 0 Å². The zero-order valence-corrected chi connectivity index (χ0v) is 9.66. The van der Waals surface area contributed by atoms with E-state index in [1.165, 1.54) is 0 Å². The van der Waals surface area contributed by atoms with E-state index in [9.17, 15) is 15.0 Å². The first-order chi connectivity index (χ1) is 8.24. The van der Waals surface area contributed by atoms with Gasteiger partial charge in [0.2, 0.25) is 0 Å². The third-order valence-corrected chi connectivity index (χ3v) is 2.39. The number of unbranched alkanes of at least 4 members (excludes halogenated alkanes) is 1. The Morgan fingerprint density at radius 3 is 2.59 bits per heavy atom. The van der Waals surface area contributed by atoms with Crippen LogP contribution < -0.4 is 0 Å². The van der Waals surface area contributed by atoms with E-state index < -0.39 is 12.4 Å². The minimum atomic E-state index is -1.02. The Morgan fingerprint density at radius 2 is 1.94 bits per heavy atom. The standard InChI is InChI=1S/C13H18O4/c14-9-5-4-8-12(15)10-17-13(16)11-6-2-1-3-7-11/h1-3,6-7,9,12-13,15-16H,4-5,8,10H2. The molecule has 0 aliphatic carbocycles. The number of benzene rings is 1. The van der Waals surface area contributed by atoms with Crippen LogP contribution in [0.3, 0.4) is 0 Å². The average Bonchev–Trinajstić information content (AvgIpc) is 2.37. The summed E-state index contributed by atoms with van der Waals surface area (Å²) in [6.07, 6.45) is 0.741. The van der Waals surface area contributed by atoms with Crippen molar-refractivity contribution in [2.75, 3.05) is 6.61 Å². The Morgan fingerprint density at radius 1 is 1.24 bits per heavy atom. The molecule has 0 saturated carbocycles. The molecule has 1 aromatic rings. The summed E-state index contributed by atoms with van der Waals surface area (Å²) in [4.78, 5) is 10.1. The molecule has 0 heterocycles. The monoisotopic (exact) mass is 238 g/mol. The van der Waals surface area contributed by atoms with Gasteiger partial charge in [-0.05, 0) is 12.8 Å². The van der Waals surface area contributed by atoms with Gasteiger partial charge in [-0.1, -0.05) is 30.3 Å². The molecule has 0 amide bonds. The summed E-state index contributed by atoms with van der Waals surface area (Å²) < 4.78 is 5.14. The van der Waals surface area contributed by atoms with E-state index in [-0.39, 0.29) is 6.61 Å². The number of carbonyl (C=O) groups is 1. The predicted octanol–water partition coefficient (Wildman–Crippen LogP) is 1.42. The molecule has 0 fully saturated rings. The molecule has 1 rings (SSSR count). The maximum Gasteiger partial charge on any atom is 0.181 e. The van der Waals surface area contributed by atoms with Crippen molar-refractivity contribution in [1.29, 1.82) is 0 Å². The number of aldehydes is 1. The van der Waals surface area contributed by atoms with E-state index in [0.717, 1.165) is 6.29 Å². The SMILES string of the molecule is O=CCCCC(O)COC(O)c1ccccc1. The maximum atomic E-state index is 10.1. The van der Waals surface area contributed by atoms with Gasteiger partial charge in [0.1, 0.15) is 6.29 Å². The quantitative estimate of drug-likeness (QED) is 0.408. The predicted molar refractivity (Wildman–Crippen MR) is 63.3 cm³/mol. The molecule has 2 atom stereocenters. The van der Waals surface area contributed by atoms with Gasteiger partial charge in [-0.15, -0.1) is 0 Å². The van der Waals surface area contributed by atoms with Gasteiger partial charge in [-0.3, -0.25) is 0 Å². The van der Waals surface area contributed by atoms with Crippen LogP contribution in [-0.4, -0.2) is 29.2 Å². The Hall–Kier alpha value is -1.23. The molecule has 0 spiro atoms. The Bertz CT molecular complexity index is 312. The van der Waals surface area contributed by atoms with Crippen molar-refractivity contribution in [1.82, 2.24) is 0 Å². The second-order valence-corrected chi connectivity index (χ2v) is 3.85. The average molecular weight is 238 g/mol. The van der Waals surface area contributed by atoms with Crippen LogP contribution in [0.5, 0.6) is 0 Å². The molecular weight excluding hydrogens is 220 g/mol. The van der Waals surface area contributed by atoms with E-state index in [2.05, 4.69) is 0 Å². The molecule has 0 saturated heterocycles. The van der Waals surface area contributed by atoms with Crippen LogP contribution >= 0.6 is 0 Å². The Kier molecular flexibility index (Phi) is 6.47. The van der Waals surface area contributed by atoms with Crippen molar-refractivity contribution in [3.05, 3.63) is 35.9 Å². The van der Waals surface area contributed by atoms with Crippen LogP contribution in [0.15, 0.2) is 30.3 Å². The van der Waals surface area contributed by atoms with E-state index in [1.54, 1.807) is 12.1 Å². The molecule has 0 bridgehead atoms. The smallest absolute Gasteiger partial charge is 0.181 e. The molecule has 2 unspecified atom stereocenters. The molecule has 4 nitrogen and oxygen atoms in total. The number of rotatable bonds is 8. The van der Waals surface area contributed by atoms with Crippen LogP contribution in [0.1, 0.15) is 31.1 Å². The number of ether oxygens (including phenoxy) is 1. The highest BCUT2D eigenvalue weighted by Gasteiger charge is 2.10. The highest BCUT2D eigenvalue weighted by atomic mass is 16.6. The molecule has 0 aromatic heterocycles. The van der Waals surface area contributed by atoms with Crippen molar-refractivity contribution in [3.63, 3.8) is 0 Å². The lowest BCUT2D eigenvalue weighted by molar-refractivity contribution is -0.126. The molecule has 4 heteroatoms. The van der Waals surface area contributed by atoms with Crippen LogP contribution in [0, 0.1) is 0 Å². The molecule has 2 N–H and O–H groups in total. The Balaban J connectivity index is 2.23. The van der Waals surface area contributed by atoms with Gasteiger partial charge in [0, 0.05) is 12.0 Å². The third-order valence-electron chi connectivity index (χ3n) is 2.39. The summed E-state index contributed by atoms with van der Waals surface area (Å²) in [5, 5.41) is 19.2. The number of aliphatic hydroxyl groups excluding tert-OH is 2. The fourth-order valence-electron chi connectivity index (χ4n) is 1.44. The molecule has 1 aromatic carbocycles. The second kappa shape index (κ2) is 7.95. The molecule has 0 aliphatic heterocycles.